The highest BCUT2D eigenvalue weighted by Gasteiger charge is 2.01. The predicted octanol–water partition coefficient (Wildman–Crippen LogP) is 2.78. The number of rotatable bonds is 4. The number of aldehydes is 1. The molecular formula is C14H12O3. The molecule has 86 valence electrons. The number of phenols is 1. The molecule has 0 heterocycles. The van der Waals surface area contributed by atoms with Gasteiger partial charge in [-0.2, -0.15) is 0 Å². The van der Waals surface area contributed by atoms with Crippen molar-refractivity contribution in [3.63, 3.8) is 0 Å². The minimum atomic E-state index is 0.0256. The second kappa shape index (κ2) is 5.16. The molecule has 0 radical (unpaired) electrons. The molecule has 0 saturated heterocycles. The van der Waals surface area contributed by atoms with Crippen molar-refractivity contribution in [2.24, 2.45) is 0 Å². The van der Waals surface area contributed by atoms with Crippen LogP contribution >= 0.6 is 0 Å². The molecule has 3 nitrogen and oxygen atoms in total. The normalized spacial score (nSPS) is 9.88. The molecule has 0 spiro atoms. The molecule has 0 fully saturated rings. The fourth-order valence-corrected chi connectivity index (χ4v) is 1.50. The van der Waals surface area contributed by atoms with Crippen LogP contribution in [-0.4, -0.2) is 11.4 Å². The van der Waals surface area contributed by atoms with Gasteiger partial charge in [0.1, 0.15) is 24.4 Å². The smallest absolute Gasteiger partial charge is 0.150 e. The Balaban J connectivity index is 2.09. The van der Waals surface area contributed by atoms with Crippen molar-refractivity contribution in [1.82, 2.24) is 0 Å². The summed E-state index contributed by atoms with van der Waals surface area (Å²) in [6.07, 6.45) is 0.676. The summed E-state index contributed by atoms with van der Waals surface area (Å²) in [5.74, 6) is 0.508. The highest BCUT2D eigenvalue weighted by molar-refractivity contribution is 5.76. The Morgan fingerprint density at radius 1 is 1.12 bits per heavy atom. The number of benzene rings is 2. The molecule has 0 saturated carbocycles. The molecule has 0 atom stereocenters. The van der Waals surface area contributed by atoms with E-state index in [1.807, 2.05) is 30.3 Å². The fraction of sp³-hybridized carbons (Fsp3) is 0.0714. The Labute approximate surface area is 99.3 Å². The molecule has 0 aromatic heterocycles. The van der Waals surface area contributed by atoms with Crippen molar-refractivity contribution in [2.45, 2.75) is 6.61 Å². The van der Waals surface area contributed by atoms with Crippen molar-refractivity contribution in [3.8, 4) is 11.5 Å². The quantitative estimate of drug-likeness (QED) is 0.818. The third-order valence-electron chi connectivity index (χ3n) is 2.30. The Kier molecular flexibility index (Phi) is 3.40. The molecule has 0 aliphatic rings. The van der Waals surface area contributed by atoms with Gasteiger partial charge in [0.25, 0.3) is 0 Å². The molecule has 2 rings (SSSR count). The van der Waals surface area contributed by atoms with Crippen LogP contribution in [0.15, 0.2) is 48.5 Å². The maximum atomic E-state index is 10.6. The largest absolute Gasteiger partial charge is 0.508 e. The summed E-state index contributed by atoms with van der Waals surface area (Å²) in [7, 11) is 0. The van der Waals surface area contributed by atoms with Crippen LogP contribution in [0.4, 0.5) is 0 Å². The molecule has 2 aromatic rings. The van der Waals surface area contributed by atoms with Crippen molar-refractivity contribution in [1.29, 1.82) is 0 Å². The zero-order valence-electron chi connectivity index (χ0n) is 9.17. The Bertz CT molecular complexity index is 506. The lowest BCUT2D eigenvalue weighted by molar-refractivity contribution is 0.112. The van der Waals surface area contributed by atoms with E-state index in [2.05, 4.69) is 0 Å². The standard InChI is InChI=1S/C14H12O3/c15-9-12-6-13(16)8-14(7-12)17-10-11-4-2-1-3-5-11/h1-9,16H,10H2. The molecule has 0 unspecified atom stereocenters. The van der Waals surface area contributed by atoms with Crippen molar-refractivity contribution in [2.75, 3.05) is 0 Å². The van der Waals surface area contributed by atoms with Crippen LogP contribution in [-0.2, 0) is 6.61 Å². The van der Waals surface area contributed by atoms with E-state index in [4.69, 9.17) is 4.74 Å². The topological polar surface area (TPSA) is 46.5 Å². The third kappa shape index (κ3) is 3.08. The van der Waals surface area contributed by atoms with Gasteiger partial charge in [0.05, 0.1) is 0 Å². The lowest BCUT2D eigenvalue weighted by atomic mass is 10.2. The predicted molar refractivity (Wildman–Crippen MR) is 64.3 cm³/mol. The summed E-state index contributed by atoms with van der Waals surface area (Å²) >= 11 is 0. The zero-order chi connectivity index (χ0) is 12.1. The van der Waals surface area contributed by atoms with Gasteiger partial charge in [0.15, 0.2) is 0 Å². The van der Waals surface area contributed by atoms with E-state index in [1.165, 1.54) is 12.1 Å². The second-order valence-electron chi connectivity index (χ2n) is 3.65. The Morgan fingerprint density at radius 3 is 2.59 bits per heavy atom. The number of phenolic OH excluding ortho intramolecular Hbond substituents is 1. The number of hydrogen-bond acceptors (Lipinski definition) is 3. The number of aromatic hydroxyl groups is 1. The van der Waals surface area contributed by atoms with Gasteiger partial charge in [-0.15, -0.1) is 0 Å². The molecule has 2 aromatic carbocycles. The van der Waals surface area contributed by atoms with Crippen LogP contribution < -0.4 is 4.74 Å². The molecule has 0 aliphatic carbocycles. The van der Waals surface area contributed by atoms with E-state index in [1.54, 1.807) is 6.07 Å². The monoisotopic (exact) mass is 228 g/mol. The summed E-state index contributed by atoms with van der Waals surface area (Å²) < 4.78 is 5.50. The lowest BCUT2D eigenvalue weighted by Crippen LogP contribution is -1.95. The van der Waals surface area contributed by atoms with E-state index in [-0.39, 0.29) is 5.75 Å². The minimum Gasteiger partial charge on any atom is -0.508 e. The first-order valence-corrected chi connectivity index (χ1v) is 5.24. The summed E-state index contributed by atoms with van der Waals surface area (Å²) in [4.78, 5) is 10.6. The Hall–Kier alpha value is -2.29. The van der Waals surface area contributed by atoms with Gasteiger partial charge in [-0.1, -0.05) is 30.3 Å². The molecule has 0 bridgehead atoms. The van der Waals surface area contributed by atoms with Crippen LogP contribution in [0.3, 0.4) is 0 Å². The fourth-order valence-electron chi connectivity index (χ4n) is 1.50. The van der Waals surface area contributed by atoms with Gasteiger partial charge in [-0.05, 0) is 17.7 Å². The second-order valence-corrected chi connectivity index (χ2v) is 3.65. The van der Waals surface area contributed by atoms with Gasteiger partial charge < -0.3 is 9.84 Å². The molecule has 17 heavy (non-hydrogen) atoms. The van der Waals surface area contributed by atoms with Gasteiger partial charge in [0, 0.05) is 11.6 Å². The summed E-state index contributed by atoms with van der Waals surface area (Å²) in [5.41, 5.74) is 1.43. The highest BCUT2D eigenvalue weighted by Crippen LogP contribution is 2.21. The highest BCUT2D eigenvalue weighted by atomic mass is 16.5. The molecule has 0 amide bonds. The summed E-state index contributed by atoms with van der Waals surface area (Å²) in [5, 5.41) is 9.38. The zero-order valence-corrected chi connectivity index (χ0v) is 9.17. The summed E-state index contributed by atoms with van der Waals surface area (Å²) in [6, 6.07) is 14.2. The first kappa shape index (κ1) is 11.2. The van der Waals surface area contributed by atoms with E-state index >= 15 is 0 Å². The lowest BCUT2D eigenvalue weighted by Gasteiger charge is -2.07. The number of hydrogen-bond donors (Lipinski definition) is 1. The van der Waals surface area contributed by atoms with E-state index < -0.39 is 0 Å². The average molecular weight is 228 g/mol. The molecule has 1 N–H and O–H groups in total. The van der Waals surface area contributed by atoms with E-state index in [0.717, 1.165) is 5.56 Å². The van der Waals surface area contributed by atoms with Gasteiger partial charge in [-0.25, -0.2) is 0 Å². The maximum absolute atomic E-state index is 10.6. The van der Waals surface area contributed by atoms with Crippen LogP contribution in [0.25, 0.3) is 0 Å². The van der Waals surface area contributed by atoms with Crippen molar-refractivity contribution >= 4 is 6.29 Å². The molecule has 3 heteroatoms. The van der Waals surface area contributed by atoms with Gasteiger partial charge >= 0.3 is 0 Å². The molecular weight excluding hydrogens is 216 g/mol. The number of ether oxygens (including phenoxy) is 1. The SMILES string of the molecule is O=Cc1cc(O)cc(OCc2ccccc2)c1. The van der Waals surface area contributed by atoms with Crippen molar-refractivity contribution < 1.29 is 14.6 Å². The van der Waals surface area contributed by atoms with Crippen LogP contribution in [0.2, 0.25) is 0 Å². The average Bonchev–Trinajstić information content (AvgIpc) is 2.37. The van der Waals surface area contributed by atoms with E-state index in [0.29, 0.717) is 24.2 Å². The van der Waals surface area contributed by atoms with Gasteiger partial charge in [0.2, 0.25) is 0 Å². The first-order valence-electron chi connectivity index (χ1n) is 5.24. The minimum absolute atomic E-state index is 0.0256. The van der Waals surface area contributed by atoms with Gasteiger partial charge in [-0.3, -0.25) is 4.79 Å². The van der Waals surface area contributed by atoms with Crippen LogP contribution in [0.1, 0.15) is 15.9 Å². The van der Waals surface area contributed by atoms with E-state index in [9.17, 15) is 9.90 Å². The molecule has 0 aliphatic heterocycles. The Morgan fingerprint density at radius 2 is 1.88 bits per heavy atom. The first-order chi connectivity index (χ1) is 8.28. The number of carbonyl (C=O) groups excluding carboxylic acids is 1. The number of carbonyl (C=O) groups is 1. The van der Waals surface area contributed by atoms with Crippen LogP contribution in [0.5, 0.6) is 11.5 Å². The van der Waals surface area contributed by atoms with Crippen molar-refractivity contribution in [3.05, 3.63) is 59.7 Å². The van der Waals surface area contributed by atoms with Crippen LogP contribution in [0, 0.1) is 0 Å². The third-order valence-corrected chi connectivity index (χ3v) is 2.30. The summed E-state index contributed by atoms with van der Waals surface area (Å²) in [6.45, 7) is 0.405. The maximum Gasteiger partial charge on any atom is 0.150 e.